The maximum atomic E-state index is 13.0. The summed E-state index contributed by atoms with van der Waals surface area (Å²) < 4.78 is 90.9. The van der Waals surface area contributed by atoms with E-state index in [2.05, 4.69) is 11.7 Å². The summed E-state index contributed by atoms with van der Waals surface area (Å²) in [5, 5.41) is 0. The lowest BCUT2D eigenvalue weighted by molar-refractivity contribution is -0.348. The molecule has 0 aromatic heterocycles. The molecule has 2 unspecified atom stereocenters. The summed E-state index contributed by atoms with van der Waals surface area (Å²) >= 11 is 0. The highest BCUT2D eigenvalue weighted by molar-refractivity contribution is 5.79. The van der Waals surface area contributed by atoms with Crippen molar-refractivity contribution in [3.8, 4) is 0 Å². The maximum absolute atomic E-state index is 13.0. The third kappa shape index (κ3) is 4.50. The average molecular weight is 352 g/mol. The topological polar surface area (TPSA) is 26.3 Å². The molecule has 1 saturated carbocycles. The summed E-state index contributed by atoms with van der Waals surface area (Å²) in [6.45, 7) is 1.45. The summed E-state index contributed by atoms with van der Waals surface area (Å²) in [6, 6.07) is 0. The van der Waals surface area contributed by atoms with E-state index in [9.17, 15) is 35.5 Å². The molecule has 0 aromatic carbocycles. The molecule has 0 saturated heterocycles. The molecule has 0 bridgehead atoms. The normalized spacial score (nSPS) is 23.1. The second kappa shape index (κ2) is 7.25. The largest absolute Gasteiger partial charge is 0.461 e. The Kier molecular flexibility index (Phi) is 6.32. The van der Waals surface area contributed by atoms with E-state index in [1.165, 1.54) is 0 Å². The fourth-order valence-electron chi connectivity index (χ4n) is 2.75. The third-order valence-corrected chi connectivity index (χ3v) is 4.22. The second-order valence-electron chi connectivity index (χ2n) is 5.88. The predicted octanol–water partition coefficient (Wildman–Crippen LogP) is 4.97. The predicted molar refractivity (Wildman–Crippen MR) is 67.3 cm³/mol. The minimum atomic E-state index is -6.53. The number of hydrogen-bond acceptors (Lipinski definition) is 2. The molecule has 0 amide bonds. The zero-order chi connectivity index (χ0) is 17.9. The zero-order valence-electron chi connectivity index (χ0n) is 12.6. The number of ether oxygens (including phenoxy) is 1. The maximum Gasteiger partial charge on any atom is 0.460 e. The number of carbonyl (C=O) groups is 1. The van der Waals surface area contributed by atoms with Crippen molar-refractivity contribution in [2.45, 2.75) is 63.5 Å². The zero-order valence-corrected chi connectivity index (χ0v) is 12.6. The molecule has 9 heteroatoms. The number of hydrogen-bond donors (Lipinski definition) is 0. The van der Waals surface area contributed by atoms with Crippen LogP contribution in [0.1, 0.15) is 45.4 Å². The number of halogens is 7. The molecule has 0 heterocycles. The molecular formula is C14H19F7O2. The van der Waals surface area contributed by atoms with Crippen LogP contribution >= 0.6 is 0 Å². The van der Waals surface area contributed by atoms with Crippen LogP contribution in [0.3, 0.4) is 0 Å². The van der Waals surface area contributed by atoms with Crippen molar-refractivity contribution in [3.63, 3.8) is 0 Å². The first-order valence-electron chi connectivity index (χ1n) is 7.43. The number of carbonyl (C=O) groups excluding carboxylic acids is 1. The lowest BCUT2D eigenvalue weighted by Gasteiger charge is -2.26. The molecule has 0 aliphatic heterocycles. The van der Waals surface area contributed by atoms with Gasteiger partial charge < -0.3 is 4.74 Å². The quantitative estimate of drug-likeness (QED) is 0.367. The van der Waals surface area contributed by atoms with E-state index < -0.39 is 30.6 Å². The van der Waals surface area contributed by atoms with Gasteiger partial charge in [-0.15, -0.1) is 0 Å². The fourth-order valence-corrected chi connectivity index (χ4v) is 2.75. The third-order valence-electron chi connectivity index (χ3n) is 4.22. The first-order chi connectivity index (χ1) is 10.4. The van der Waals surface area contributed by atoms with E-state index in [1.807, 2.05) is 0 Å². The van der Waals surface area contributed by atoms with Gasteiger partial charge in [0.1, 0.15) is 0 Å². The summed E-state index contributed by atoms with van der Waals surface area (Å²) in [4.78, 5) is 10.9. The van der Waals surface area contributed by atoms with Crippen molar-refractivity contribution in [2.24, 2.45) is 11.8 Å². The van der Waals surface area contributed by atoms with Crippen molar-refractivity contribution in [1.29, 1.82) is 0 Å². The van der Waals surface area contributed by atoms with Gasteiger partial charge in [0.15, 0.2) is 0 Å². The Morgan fingerprint density at radius 1 is 1.04 bits per heavy atom. The molecule has 0 radical (unpaired) electrons. The van der Waals surface area contributed by atoms with Crippen molar-refractivity contribution in [2.75, 3.05) is 6.61 Å². The lowest BCUT2D eigenvalue weighted by atomic mass is 9.99. The average Bonchev–Trinajstić information content (AvgIpc) is 2.89. The molecule has 1 fully saturated rings. The summed E-state index contributed by atoms with van der Waals surface area (Å²) in [7, 11) is 0. The highest BCUT2D eigenvalue weighted by Crippen LogP contribution is 2.47. The van der Waals surface area contributed by atoms with Crippen LogP contribution in [-0.2, 0) is 9.53 Å². The van der Waals surface area contributed by atoms with Gasteiger partial charge in [0.2, 0.25) is 0 Å². The first-order valence-corrected chi connectivity index (χ1v) is 7.43. The Balaban J connectivity index is 2.41. The fraction of sp³-hybridized carbons (Fsp3) is 0.929. The first kappa shape index (κ1) is 20.0. The minimum absolute atomic E-state index is 0.153. The molecule has 0 spiro atoms. The van der Waals surface area contributed by atoms with Gasteiger partial charge in [0.05, 0.1) is 6.61 Å². The van der Waals surface area contributed by atoms with Crippen LogP contribution < -0.4 is 0 Å². The van der Waals surface area contributed by atoms with Crippen molar-refractivity contribution < 1.29 is 40.3 Å². The lowest BCUT2D eigenvalue weighted by Crippen LogP contribution is -2.56. The van der Waals surface area contributed by atoms with E-state index in [0.29, 0.717) is 18.3 Å². The Morgan fingerprint density at radius 3 is 2.09 bits per heavy atom. The molecule has 23 heavy (non-hydrogen) atoms. The van der Waals surface area contributed by atoms with Crippen LogP contribution in [0.15, 0.2) is 0 Å². The Labute approximate surface area is 129 Å². The van der Waals surface area contributed by atoms with Crippen LogP contribution in [0.4, 0.5) is 30.7 Å². The number of esters is 1. The van der Waals surface area contributed by atoms with E-state index in [0.717, 1.165) is 25.7 Å². The molecular weight excluding hydrogens is 333 g/mol. The van der Waals surface area contributed by atoms with Crippen LogP contribution in [-0.4, -0.2) is 30.6 Å². The van der Waals surface area contributed by atoms with Gasteiger partial charge in [-0.25, -0.2) is 4.79 Å². The van der Waals surface area contributed by atoms with Crippen LogP contribution in [0.5, 0.6) is 0 Å². The van der Waals surface area contributed by atoms with Crippen LogP contribution in [0.25, 0.3) is 0 Å². The van der Waals surface area contributed by atoms with Crippen molar-refractivity contribution in [1.82, 2.24) is 0 Å². The van der Waals surface area contributed by atoms with Gasteiger partial charge in [0, 0.05) is 0 Å². The smallest absolute Gasteiger partial charge is 0.460 e. The second-order valence-corrected chi connectivity index (χ2v) is 5.88. The monoisotopic (exact) mass is 352 g/mol. The molecule has 1 aliphatic rings. The van der Waals surface area contributed by atoms with E-state index >= 15 is 0 Å². The summed E-state index contributed by atoms with van der Waals surface area (Å²) in [5.74, 6) is -14.3. The van der Waals surface area contributed by atoms with Gasteiger partial charge >= 0.3 is 24.0 Å². The van der Waals surface area contributed by atoms with E-state index in [4.69, 9.17) is 0 Å². The molecule has 1 aliphatic carbocycles. The highest BCUT2D eigenvalue weighted by Gasteiger charge is 2.77. The minimum Gasteiger partial charge on any atom is -0.461 e. The van der Waals surface area contributed by atoms with Crippen molar-refractivity contribution in [3.05, 3.63) is 0 Å². The van der Waals surface area contributed by atoms with Crippen molar-refractivity contribution >= 4 is 5.97 Å². The summed E-state index contributed by atoms with van der Waals surface area (Å²) in [5.41, 5.74) is 0. The van der Waals surface area contributed by atoms with Gasteiger partial charge in [-0.1, -0.05) is 26.2 Å². The molecule has 136 valence electrons. The highest BCUT2D eigenvalue weighted by atomic mass is 19.4. The van der Waals surface area contributed by atoms with E-state index in [-0.39, 0.29) is 6.42 Å². The Hall–Kier alpha value is -1.02. The van der Waals surface area contributed by atoms with Gasteiger partial charge in [-0.2, -0.15) is 30.7 Å². The van der Waals surface area contributed by atoms with Gasteiger partial charge in [-0.05, 0) is 31.1 Å². The number of rotatable bonds is 7. The molecule has 2 atom stereocenters. The molecule has 0 N–H and O–H groups in total. The Morgan fingerprint density at radius 2 is 1.61 bits per heavy atom. The summed E-state index contributed by atoms with van der Waals surface area (Å²) in [6.07, 6.45) is -1.82. The molecule has 1 rings (SSSR count). The SMILES string of the molecule is CCC1CCC(CCCOC(=O)C(F)(F)C(F)(F)C(F)(F)F)C1. The molecule has 0 aromatic rings. The Bertz CT molecular complexity index is 406. The van der Waals surface area contributed by atoms with Gasteiger partial charge in [-0.3, -0.25) is 0 Å². The van der Waals surface area contributed by atoms with Crippen LogP contribution in [0.2, 0.25) is 0 Å². The standard InChI is InChI=1S/C14H19F7O2/c1-2-9-5-6-10(8-9)4-3-7-23-11(22)12(15,16)13(17,18)14(19,20)21/h9-10H,2-8H2,1H3. The van der Waals surface area contributed by atoms with Gasteiger partial charge in [0.25, 0.3) is 0 Å². The van der Waals surface area contributed by atoms with Crippen LogP contribution in [0, 0.1) is 11.8 Å². The number of alkyl halides is 7. The van der Waals surface area contributed by atoms with E-state index in [1.54, 1.807) is 0 Å². The molecule has 2 nitrogen and oxygen atoms in total.